The van der Waals surface area contributed by atoms with Crippen molar-refractivity contribution in [2.75, 3.05) is 6.61 Å². The average Bonchev–Trinajstić information content (AvgIpc) is 2.32. The molecule has 0 amide bonds. The van der Waals surface area contributed by atoms with E-state index in [1.807, 2.05) is 0 Å². The summed E-state index contributed by atoms with van der Waals surface area (Å²) in [7, 11) is 0. The Bertz CT molecular complexity index is 560. The van der Waals surface area contributed by atoms with E-state index in [9.17, 15) is 28.1 Å². The Labute approximate surface area is 116 Å². The van der Waals surface area contributed by atoms with Crippen LogP contribution in [0.1, 0.15) is 18.1 Å². The first-order chi connectivity index (χ1) is 9.65. The van der Waals surface area contributed by atoms with Crippen molar-refractivity contribution in [3.05, 3.63) is 27.4 Å². The van der Waals surface area contributed by atoms with Crippen molar-refractivity contribution in [1.29, 1.82) is 0 Å². The third kappa shape index (κ3) is 4.58. The van der Waals surface area contributed by atoms with Crippen molar-refractivity contribution in [2.24, 2.45) is 0 Å². The van der Waals surface area contributed by atoms with Gasteiger partial charge in [-0.2, -0.15) is 0 Å². The number of hydrogen-bond donors (Lipinski definition) is 0. The molecular formula is C11H11F3N2O5. The van der Waals surface area contributed by atoms with E-state index in [-0.39, 0.29) is 17.7 Å². The summed E-state index contributed by atoms with van der Waals surface area (Å²) in [6.45, 7) is 2.72. The lowest BCUT2D eigenvalue weighted by atomic mass is 10.1. The number of carbonyl (C=O) groups is 1. The minimum absolute atomic E-state index is 0.0443. The molecule has 0 radical (unpaired) electrons. The number of pyridine rings is 1. The number of rotatable bonds is 5. The van der Waals surface area contributed by atoms with E-state index in [4.69, 9.17) is 0 Å². The molecule has 1 aromatic heterocycles. The molecular weight excluding hydrogens is 297 g/mol. The molecule has 1 rings (SSSR count). The van der Waals surface area contributed by atoms with Gasteiger partial charge in [-0.05, 0) is 13.8 Å². The van der Waals surface area contributed by atoms with Crippen LogP contribution in [0.15, 0.2) is 6.20 Å². The van der Waals surface area contributed by atoms with Crippen LogP contribution < -0.4 is 4.74 Å². The molecule has 21 heavy (non-hydrogen) atoms. The van der Waals surface area contributed by atoms with Gasteiger partial charge in [0.25, 0.3) is 5.69 Å². The third-order valence-electron chi connectivity index (χ3n) is 2.42. The predicted octanol–water partition coefficient (Wildman–Crippen LogP) is 2.30. The molecule has 0 atom stereocenters. The number of halogens is 3. The van der Waals surface area contributed by atoms with Crippen molar-refractivity contribution in [3.8, 4) is 5.88 Å². The van der Waals surface area contributed by atoms with E-state index in [2.05, 4.69) is 14.5 Å². The first kappa shape index (κ1) is 16.7. The highest BCUT2D eigenvalue weighted by Gasteiger charge is 2.34. The van der Waals surface area contributed by atoms with Gasteiger partial charge >= 0.3 is 12.3 Å². The molecule has 0 saturated heterocycles. The molecule has 0 spiro atoms. The number of esters is 1. The Hall–Kier alpha value is -2.39. The van der Waals surface area contributed by atoms with E-state index in [0.717, 1.165) is 6.92 Å². The molecule has 0 aromatic carbocycles. The molecule has 1 aromatic rings. The molecule has 0 aliphatic rings. The van der Waals surface area contributed by atoms with Crippen LogP contribution in [0.3, 0.4) is 0 Å². The van der Waals surface area contributed by atoms with Crippen LogP contribution in [0, 0.1) is 17.0 Å². The highest BCUT2D eigenvalue weighted by atomic mass is 19.4. The van der Waals surface area contributed by atoms with E-state index in [1.165, 1.54) is 6.92 Å². The number of hydrogen-bond acceptors (Lipinski definition) is 6. The van der Waals surface area contributed by atoms with Gasteiger partial charge < -0.3 is 9.47 Å². The molecule has 0 fully saturated rings. The second kappa shape index (κ2) is 6.37. The molecule has 0 saturated carbocycles. The Morgan fingerprint density at radius 2 is 2.10 bits per heavy atom. The summed E-state index contributed by atoms with van der Waals surface area (Å²) >= 11 is 0. The Balaban J connectivity index is 3.24. The van der Waals surface area contributed by atoms with Crippen LogP contribution in [0.4, 0.5) is 18.9 Å². The van der Waals surface area contributed by atoms with Crippen LogP contribution in [-0.4, -0.2) is 28.8 Å². The molecule has 0 aliphatic carbocycles. The molecule has 1 heterocycles. The lowest BCUT2D eigenvalue weighted by molar-refractivity contribution is -0.386. The van der Waals surface area contributed by atoms with Crippen LogP contribution in [0.2, 0.25) is 0 Å². The summed E-state index contributed by atoms with van der Waals surface area (Å²) < 4.78 is 44.9. The number of nitrogens with zero attached hydrogens (tertiary/aromatic N) is 2. The van der Waals surface area contributed by atoms with Gasteiger partial charge in [-0.15, -0.1) is 13.2 Å². The fourth-order valence-electron chi connectivity index (χ4n) is 1.57. The summed E-state index contributed by atoms with van der Waals surface area (Å²) in [5, 5.41) is 10.9. The second-order valence-electron chi connectivity index (χ2n) is 3.84. The monoisotopic (exact) mass is 308 g/mol. The fourth-order valence-corrected chi connectivity index (χ4v) is 1.57. The average molecular weight is 308 g/mol. The van der Waals surface area contributed by atoms with Crippen LogP contribution in [-0.2, 0) is 16.0 Å². The smallest absolute Gasteiger partial charge is 0.466 e. The van der Waals surface area contributed by atoms with Gasteiger partial charge in [0.1, 0.15) is 6.20 Å². The molecule has 0 N–H and O–H groups in total. The number of carbonyl (C=O) groups excluding carboxylic acids is 1. The van der Waals surface area contributed by atoms with E-state index in [0.29, 0.717) is 6.20 Å². The maximum absolute atomic E-state index is 12.2. The van der Waals surface area contributed by atoms with Crippen LogP contribution in [0.25, 0.3) is 0 Å². The maximum atomic E-state index is 12.2. The SMILES string of the molecule is CCOC(=O)Cc1c([N+](=O)[O-])cnc(OC(F)(F)F)c1C. The summed E-state index contributed by atoms with van der Waals surface area (Å²) in [5.41, 5.74) is -1.04. The van der Waals surface area contributed by atoms with E-state index >= 15 is 0 Å². The Morgan fingerprint density at radius 1 is 1.48 bits per heavy atom. The topological polar surface area (TPSA) is 91.6 Å². The van der Waals surface area contributed by atoms with Crippen molar-refractivity contribution < 1.29 is 32.4 Å². The number of ether oxygens (including phenoxy) is 2. The van der Waals surface area contributed by atoms with Crippen molar-refractivity contribution in [3.63, 3.8) is 0 Å². The van der Waals surface area contributed by atoms with Gasteiger partial charge in [0.15, 0.2) is 0 Å². The standard InChI is InChI=1S/C11H11F3N2O5/c1-3-20-9(17)4-7-6(2)10(21-11(12,13)14)15-5-8(7)16(18)19/h5H,3-4H2,1-2H3. The zero-order valence-corrected chi connectivity index (χ0v) is 11.1. The van der Waals surface area contributed by atoms with Gasteiger partial charge in [0.05, 0.1) is 23.5 Å². The minimum atomic E-state index is -4.99. The largest absolute Gasteiger partial charge is 0.574 e. The minimum Gasteiger partial charge on any atom is -0.466 e. The van der Waals surface area contributed by atoms with Crippen LogP contribution >= 0.6 is 0 Å². The van der Waals surface area contributed by atoms with E-state index < -0.39 is 35.2 Å². The summed E-state index contributed by atoms with van der Waals surface area (Å²) in [5.74, 6) is -1.64. The van der Waals surface area contributed by atoms with E-state index in [1.54, 1.807) is 0 Å². The molecule has 7 nitrogen and oxygen atoms in total. The quantitative estimate of drug-likeness (QED) is 0.471. The summed E-state index contributed by atoms with van der Waals surface area (Å²) in [6, 6.07) is 0. The third-order valence-corrected chi connectivity index (χ3v) is 2.42. The zero-order chi connectivity index (χ0) is 16.2. The number of alkyl halides is 3. The maximum Gasteiger partial charge on any atom is 0.574 e. The molecule has 0 aliphatic heterocycles. The lowest BCUT2D eigenvalue weighted by Crippen LogP contribution is -2.20. The number of nitro groups is 1. The van der Waals surface area contributed by atoms with Crippen molar-refractivity contribution >= 4 is 11.7 Å². The highest BCUT2D eigenvalue weighted by Crippen LogP contribution is 2.31. The fraction of sp³-hybridized carbons (Fsp3) is 0.455. The number of aromatic nitrogens is 1. The van der Waals surface area contributed by atoms with Gasteiger partial charge in [-0.1, -0.05) is 0 Å². The zero-order valence-electron chi connectivity index (χ0n) is 11.1. The van der Waals surface area contributed by atoms with Crippen molar-refractivity contribution in [2.45, 2.75) is 26.6 Å². The summed E-state index contributed by atoms with van der Waals surface area (Å²) in [4.78, 5) is 24.7. The first-order valence-corrected chi connectivity index (χ1v) is 5.70. The van der Waals surface area contributed by atoms with Gasteiger partial charge in [-0.25, -0.2) is 4.98 Å². The first-order valence-electron chi connectivity index (χ1n) is 5.70. The molecule has 0 bridgehead atoms. The molecule has 0 unspecified atom stereocenters. The molecule has 116 valence electrons. The Morgan fingerprint density at radius 3 is 2.57 bits per heavy atom. The van der Waals surface area contributed by atoms with Crippen molar-refractivity contribution in [1.82, 2.24) is 4.98 Å². The predicted molar refractivity (Wildman–Crippen MR) is 62.6 cm³/mol. The molecule has 10 heteroatoms. The lowest BCUT2D eigenvalue weighted by Gasteiger charge is -2.13. The van der Waals surface area contributed by atoms with Crippen LogP contribution in [0.5, 0.6) is 5.88 Å². The second-order valence-corrected chi connectivity index (χ2v) is 3.84. The van der Waals surface area contributed by atoms with Gasteiger partial charge in [0.2, 0.25) is 5.88 Å². The van der Waals surface area contributed by atoms with Gasteiger partial charge in [-0.3, -0.25) is 14.9 Å². The Kier molecular flexibility index (Phi) is 5.06. The van der Waals surface area contributed by atoms with Gasteiger partial charge in [0, 0.05) is 5.56 Å². The summed E-state index contributed by atoms with van der Waals surface area (Å²) in [6.07, 6.45) is -4.93. The highest BCUT2D eigenvalue weighted by molar-refractivity contribution is 5.75. The normalized spacial score (nSPS) is 11.1.